The molecule has 1 aromatic rings. The minimum absolute atomic E-state index is 0.0617. The predicted molar refractivity (Wildman–Crippen MR) is 86.0 cm³/mol. The first-order chi connectivity index (χ1) is 11.7. The van der Waals surface area contributed by atoms with Crippen LogP contribution in [0.25, 0.3) is 0 Å². The molecule has 0 unspecified atom stereocenters. The number of aromatic nitrogens is 2. The molecule has 2 N–H and O–H groups in total. The molecule has 2 rings (SSSR count). The van der Waals surface area contributed by atoms with Crippen LogP contribution in [0.15, 0.2) is 12.5 Å². The van der Waals surface area contributed by atoms with E-state index in [2.05, 4.69) is 15.3 Å². The number of H-pyrrole nitrogens is 1. The number of imidazole rings is 1. The van der Waals surface area contributed by atoms with Crippen LogP contribution in [0.3, 0.4) is 0 Å². The number of rotatable bonds is 5. The molecule has 0 spiro atoms. The molecule has 2 heterocycles. The van der Waals surface area contributed by atoms with Gasteiger partial charge in [-0.3, -0.25) is 14.4 Å². The van der Waals surface area contributed by atoms with Crippen LogP contribution in [0.5, 0.6) is 0 Å². The van der Waals surface area contributed by atoms with Crippen LogP contribution >= 0.6 is 0 Å². The molecule has 1 aliphatic heterocycles. The molecule has 1 fully saturated rings. The number of amides is 3. The van der Waals surface area contributed by atoms with Crippen LogP contribution < -0.4 is 5.32 Å². The molecule has 0 bridgehead atoms. The van der Waals surface area contributed by atoms with Crippen molar-refractivity contribution in [2.45, 2.75) is 57.7 Å². The second-order valence-corrected chi connectivity index (χ2v) is 6.74. The lowest BCUT2D eigenvalue weighted by Crippen LogP contribution is -2.51. The molecule has 1 aromatic heterocycles. The lowest BCUT2D eigenvalue weighted by molar-refractivity contribution is -0.134. The molecule has 9 nitrogen and oxygen atoms in total. The number of imide groups is 1. The van der Waals surface area contributed by atoms with Gasteiger partial charge in [0.2, 0.25) is 18.1 Å². The Morgan fingerprint density at radius 2 is 2.24 bits per heavy atom. The van der Waals surface area contributed by atoms with Gasteiger partial charge in [-0.15, -0.1) is 0 Å². The molecule has 1 radical (unpaired) electrons. The maximum Gasteiger partial charge on any atom is 0.417 e. The number of nitrogens with one attached hydrogen (secondary N) is 2. The van der Waals surface area contributed by atoms with Crippen molar-refractivity contribution in [3.8, 4) is 0 Å². The average molecular weight is 349 g/mol. The molecule has 0 saturated carbocycles. The Morgan fingerprint density at radius 1 is 1.52 bits per heavy atom. The van der Waals surface area contributed by atoms with Gasteiger partial charge in [0.15, 0.2) is 0 Å². The van der Waals surface area contributed by atoms with E-state index in [1.165, 1.54) is 6.33 Å². The molecule has 2 atom stereocenters. The molecule has 1 saturated heterocycles. The Balaban J connectivity index is 2.04. The van der Waals surface area contributed by atoms with Crippen molar-refractivity contribution >= 4 is 24.2 Å². The Hall–Kier alpha value is -2.71. The predicted octanol–water partition coefficient (Wildman–Crippen LogP) is 0.473. The Labute approximate surface area is 145 Å². The van der Waals surface area contributed by atoms with E-state index >= 15 is 0 Å². The lowest BCUT2D eigenvalue weighted by atomic mass is 10.1. The van der Waals surface area contributed by atoms with Gasteiger partial charge >= 0.3 is 6.09 Å². The van der Waals surface area contributed by atoms with Gasteiger partial charge in [0.1, 0.15) is 17.7 Å². The lowest BCUT2D eigenvalue weighted by Gasteiger charge is -2.27. The van der Waals surface area contributed by atoms with E-state index < -0.39 is 35.6 Å². The van der Waals surface area contributed by atoms with E-state index in [1.807, 2.05) is 0 Å². The summed E-state index contributed by atoms with van der Waals surface area (Å²) in [4.78, 5) is 55.3. The van der Waals surface area contributed by atoms with Crippen molar-refractivity contribution < 1.29 is 23.9 Å². The van der Waals surface area contributed by atoms with Crippen LogP contribution in [0.4, 0.5) is 4.79 Å². The summed E-state index contributed by atoms with van der Waals surface area (Å²) in [5.74, 6) is -1.08. The zero-order valence-electron chi connectivity index (χ0n) is 14.4. The minimum atomic E-state index is -1.00. The van der Waals surface area contributed by atoms with Crippen molar-refractivity contribution in [1.29, 1.82) is 0 Å². The molecule has 25 heavy (non-hydrogen) atoms. The first kappa shape index (κ1) is 18.6. The molecule has 0 aromatic carbocycles. The smallest absolute Gasteiger partial charge is 0.417 e. The maximum atomic E-state index is 12.4. The first-order valence-electron chi connectivity index (χ1n) is 7.92. The second kappa shape index (κ2) is 7.45. The zero-order valence-corrected chi connectivity index (χ0v) is 14.4. The number of carbonyl (C=O) groups is 3. The quantitative estimate of drug-likeness (QED) is 0.797. The van der Waals surface area contributed by atoms with Gasteiger partial charge in [-0.25, -0.2) is 14.7 Å². The van der Waals surface area contributed by atoms with Gasteiger partial charge in [0.05, 0.1) is 12.0 Å². The third-order valence-electron chi connectivity index (χ3n) is 3.53. The summed E-state index contributed by atoms with van der Waals surface area (Å²) in [6.45, 7) is 5.01. The number of likely N-dealkylation sites (tertiary alicyclic amines) is 1. The van der Waals surface area contributed by atoms with Gasteiger partial charge in [-0.05, 0) is 27.2 Å². The highest BCUT2D eigenvalue weighted by Gasteiger charge is 2.42. The van der Waals surface area contributed by atoms with E-state index in [4.69, 9.17) is 4.74 Å². The summed E-state index contributed by atoms with van der Waals surface area (Å²) in [6.07, 6.45) is 4.32. The third-order valence-corrected chi connectivity index (χ3v) is 3.53. The molecule has 135 valence electrons. The summed E-state index contributed by atoms with van der Waals surface area (Å²) in [5, 5.41) is 2.50. The Kier molecular flexibility index (Phi) is 5.55. The summed E-state index contributed by atoms with van der Waals surface area (Å²) in [7, 11) is 0. The van der Waals surface area contributed by atoms with E-state index in [0.717, 1.165) is 4.90 Å². The topological polar surface area (TPSA) is 121 Å². The van der Waals surface area contributed by atoms with E-state index in [1.54, 1.807) is 33.3 Å². The maximum absolute atomic E-state index is 12.4. The van der Waals surface area contributed by atoms with Gasteiger partial charge in [-0.2, -0.15) is 0 Å². The van der Waals surface area contributed by atoms with Crippen molar-refractivity contribution in [3.63, 3.8) is 0 Å². The molecular formula is C16H21N4O5. The fourth-order valence-electron chi connectivity index (χ4n) is 2.47. The zero-order chi connectivity index (χ0) is 18.6. The van der Waals surface area contributed by atoms with Crippen LogP contribution in [-0.2, 0) is 25.5 Å². The van der Waals surface area contributed by atoms with Crippen molar-refractivity contribution in [1.82, 2.24) is 20.2 Å². The van der Waals surface area contributed by atoms with E-state index in [9.17, 15) is 19.2 Å². The van der Waals surface area contributed by atoms with Gasteiger partial charge < -0.3 is 15.0 Å². The molecular weight excluding hydrogens is 328 g/mol. The summed E-state index contributed by atoms with van der Waals surface area (Å²) in [5.41, 5.74) is -0.208. The number of carbonyl (C=O) groups excluding carboxylic acids is 4. The van der Waals surface area contributed by atoms with Crippen molar-refractivity contribution in [2.75, 3.05) is 0 Å². The van der Waals surface area contributed by atoms with Crippen LogP contribution in [0, 0.1) is 0 Å². The molecule has 0 aliphatic carbocycles. The third kappa shape index (κ3) is 4.88. The minimum Gasteiger partial charge on any atom is -0.443 e. The van der Waals surface area contributed by atoms with Crippen LogP contribution in [0.2, 0.25) is 0 Å². The van der Waals surface area contributed by atoms with Crippen LogP contribution in [0.1, 0.15) is 39.3 Å². The summed E-state index contributed by atoms with van der Waals surface area (Å²) in [6, 6.07) is -1.93. The van der Waals surface area contributed by atoms with Gasteiger partial charge in [-0.1, -0.05) is 0 Å². The largest absolute Gasteiger partial charge is 0.443 e. The number of hydrogen-bond donors (Lipinski definition) is 2. The normalized spacial score (nSPS) is 18.8. The molecule has 1 aliphatic rings. The fourth-order valence-corrected chi connectivity index (χ4v) is 2.47. The Morgan fingerprint density at radius 3 is 2.80 bits per heavy atom. The number of nitrogens with zero attached hydrogens (tertiary/aromatic N) is 2. The van der Waals surface area contributed by atoms with Crippen molar-refractivity contribution in [2.24, 2.45) is 0 Å². The monoisotopic (exact) mass is 349 g/mol. The Bertz CT molecular complexity index is 650. The highest BCUT2D eigenvalue weighted by molar-refractivity contribution is 6.01. The fraction of sp³-hybridized carbons (Fsp3) is 0.562. The van der Waals surface area contributed by atoms with Gasteiger partial charge in [0.25, 0.3) is 0 Å². The highest BCUT2D eigenvalue weighted by atomic mass is 16.6. The second-order valence-electron chi connectivity index (χ2n) is 6.74. The SMILES string of the molecule is CC(C)(C)OC(=O)N1C(=O)CC[C@H]1C(=O)N[C@H]([C]=O)Cc1c[nH]cn1. The molecule has 9 heteroatoms. The average Bonchev–Trinajstić information content (AvgIpc) is 3.13. The van der Waals surface area contributed by atoms with Crippen molar-refractivity contribution in [3.05, 3.63) is 18.2 Å². The number of ether oxygens (including phenoxy) is 1. The number of aromatic amines is 1. The summed E-state index contributed by atoms with van der Waals surface area (Å²) >= 11 is 0. The standard InChI is InChI=1S/C16H21N4O5/c1-16(2,3)25-15(24)20-12(4-5-13(20)22)14(23)19-11(8-21)6-10-7-17-9-18-10/h7,9,11-12H,4-6H2,1-3H3,(H,17,18)(H,19,23)/t11-,12-/m0/s1. The summed E-state index contributed by atoms with van der Waals surface area (Å²) < 4.78 is 5.18. The first-order valence-corrected chi connectivity index (χ1v) is 7.92. The molecule has 3 amide bonds. The van der Waals surface area contributed by atoms with E-state index in [0.29, 0.717) is 5.69 Å². The van der Waals surface area contributed by atoms with Gasteiger partial charge in [0, 0.05) is 19.0 Å². The van der Waals surface area contributed by atoms with E-state index in [-0.39, 0.29) is 19.3 Å². The number of hydrogen-bond acceptors (Lipinski definition) is 6. The highest BCUT2D eigenvalue weighted by Crippen LogP contribution is 2.22. The van der Waals surface area contributed by atoms with Crippen LogP contribution in [-0.4, -0.2) is 56.7 Å².